The van der Waals surface area contributed by atoms with Crippen molar-refractivity contribution < 1.29 is 4.79 Å². The summed E-state index contributed by atoms with van der Waals surface area (Å²) in [4.78, 5) is 10.3. The first kappa shape index (κ1) is 7.53. The molecule has 0 atom stereocenters. The Morgan fingerprint density at radius 1 is 1.40 bits per heavy atom. The normalized spacial score (nSPS) is 8.90. The molecule has 1 rings (SSSR count). The van der Waals surface area contributed by atoms with Crippen LogP contribution in [-0.4, -0.2) is 6.29 Å². The summed E-state index contributed by atoms with van der Waals surface area (Å²) in [6.45, 7) is 0. The fourth-order valence-corrected chi connectivity index (χ4v) is 1.18. The smallest absolute Gasteiger partial charge is 0.152 e. The number of carbonyl (C=O) groups is 1. The molecule has 3 heteroatoms. The Balaban J connectivity index is 3.08. The molecule has 0 saturated heterocycles. The molecule has 1 aromatic carbocycles. The highest BCUT2D eigenvalue weighted by Gasteiger charge is 1.94. The van der Waals surface area contributed by atoms with Gasteiger partial charge in [0.2, 0.25) is 0 Å². The van der Waals surface area contributed by atoms with Gasteiger partial charge in [-0.1, -0.05) is 12.1 Å². The molecule has 10 heavy (non-hydrogen) atoms. The van der Waals surface area contributed by atoms with Gasteiger partial charge in [-0.2, -0.15) is 0 Å². The van der Waals surface area contributed by atoms with Crippen molar-refractivity contribution in [1.82, 2.24) is 0 Å². The number of para-hydroxylation sites is 1. The van der Waals surface area contributed by atoms with E-state index in [1.165, 1.54) is 0 Å². The van der Waals surface area contributed by atoms with Gasteiger partial charge in [0.15, 0.2) is 6.29 Å². The summed E-state index contributed by atoms with van der Waals surface area (Å²) >= 11 is 1.99. The molecule has 0 heterocycles. The second-order valence-corrected chi connectivity index (χ2v) is 2.34. The number of aldehydes is 1. The summed E-state index contributed by atoms with van der Waals surface area (Å²) in [6, 6.07) is 7.35. The molecule has 52 valence electrons. The Labute approximate surface area is 73.1 Å². The van der Waals surface area contributed by atoms with Gasteiger partial charge in [0.1, 0.15) is 0 Å². The fraction of sp³-hybridized carbons (Fsp3) is 0. The first-order chi connectivity index (χ1) is 4.88. The van der Waals surface area contributed by atoms with Gasteiger partial charge < -0.3 is 3.53 Å². The van der Waals surface area contributed by atoms with Crippen molar-refractivity contribution in [3.8, 4) is 0 Å². The van der Waals surface area contributed by atoms with E-state index in [1.54, 1.807) is 6.07 Å². The maximum atomic E-state index is 10.3. The molecule has 0 aliphatic heterocycles. The van der Waals surface area contributed by atoms with E-state index in [0.29, 0.717) is 5.56 Å². The first-order valence-corrected chi connectivity index (χ1v) is 3.87. The third kappa shape index (κ3) is 1.47. The zero-order valence-electron chi connectivity index (χ0n) is 5.17. The first-order valence-electron chi connectivity index (χ1n) is 2.79. The van der Waals surface area contributed by atoms with Crippen LogP contribution in [0.25, 0.3) is 0 Å². The van der Waals surface area contributed by atoms with E-state index in [9.17, 15) is 4.79 Å². The highest BCUT2D eigenvalue weighted by Crippen LogP contribution is 2.13. The van der Waals surface area contributed by atoms with Crippen molar-refractivity contribution in [3.05, 3.63) is 29.8 Å². The molecule has 0 amide bonds. The monoisotopic (exact) mass is 247 g/mol. The summed E-state index contributed by atoms with van der Waals surface area (Å²) in [5.74, 6) is 0. The molecule has 0 saturated carbocycles. The van der Waals surface area contributed by atoms with Crippen LogP contribution in [0.1, 0.15) is 10.4 Å². The Morgan fingerprint density at radius 3 is 2.60 bits per heavy atom. The van der Waals surface area contributed by atoms with E-state index in [0.717, 1.165) is 12.0 Å². The van der Waals surface area contributed by atoms with E-state index in [1.807, 2.05) is 41.1 Å². The van der Waals surface area contributed by atoms with Crippen LogP contribution in [0.2, 0.25) is 0 Å². The average molecular weight is 247 g/mol. The van der Waals surface area contributed by atoms with Crippen molar-refractivity contribution in [1.29, 1.82) is 0 Å². The van der Waals surface area contributed by atoms with Crippen molar-refractivity contribution >= 4 is 34.8 Å². The molecule has 0 aliphatic carbocycles. The minimum absolute atomic E-state index is 0.692. The molecule has 0 bridgehead atoms. The fourth-order valence-electron chi connectivity index (χ4n) is 0.686. The van der Waals surface area contributed by atoms with Crippen molar-refractivity contribution in [2.75, 3.05) is 3.53 Å². The van der Waals surface area contributed by atoms with Crippen LogP contribution in [0, 0.1) is 0 Å². The highest BCUT2D eigenvalue weighted by molar-refractivity contribution is 14.1. The highest BCUT2D eigenvalue weighted by atomic mass is 127. The molecular weight excluding hydrogens is 241 g/mol. The Kier molecular flexibility index (Phi) is 2.68. The van der Waals surface area contributed by atoms with Crippen LogP contribution in [0.5, 0.6) is 0 Å². The number of carbonyl (C=O) groups excluding carboxylic acids is 1. The summed E-state index contributed by atoms with van der Waals surface area (Å²) < 4.78 is 2.89. The third-order valence-electron chi connectivity index (χ3n) is 1.19. The summed E-state index contributed by atoms with van der Waals surface area (Å²) in [5.41, 5.74) is 1.55. The van der Waals surface area contributed by atoms with Gasteiger partial charge in [0.25, 0.3) is 0 Å². The zero-order valence-corrected chi connectivity index (χ0v) is 7.33. The number of halogens is 1. The number of anilines is 1. The zero-order chi connectivity index (χ0) is 7.40. The summed E-state index contributed by atoms with van der Waals surface area (Å²) in [5, 5.41) is 0. The molecule has 0 unspecified atom stereocenters. The quantitative estimate of drug-likeness (QED) is 0.493. The lowest BCUT2D eigenvalue weighted by Gasteiger charge is -1.98. The second kappa shape index (κ2) is 3.55. The lowest BCUT2D eigenvalue weighted by molar-refractivity contribution is 0.112. The molecule has 0 aliphatic rings. The van der Waals surface area contributed by atoms with Gasteiger partial charge in [-0.3, -0.25) is 4.79 Å². The molecule has 1 aromatic rings. The molecule has 0 spiro atoms. The molecule has 0 fully saturated rings. The van der Waals surface area contributed by atoms with Crippen LogP contribution in [-0.2, 0) is 0 Å². The lowest BCUT2D eigenvalue weighted by Crippen LogP contribution is -1.86. The number of benzene rings is 1. The van der Waals surface area contributed by atoms with Gasteiger partial charge >= 0.3 is 0 Å². The maximum Gasteiger partial charge on any atom is 0.152 e. The number of nitrogens with one attached hydrogen (secondary N) is 1. The van der Waals surface area contributed by atoms with Gasteiger partial charge in [0.05, 0.1) is 28.6 Å². The summed E-state index contributed by atoms with van der Waals surface area (Å²) in [6.07, 6.45) is 0.834. The van der Waals surface area contributed by atoms with Gasteiger partial charge in [-0.05, 0) is 12.1 Å². The topological polar surface area (TPSA) is 29.1 Å². The van der Waals surface area contributed by atoms with Crippen LogP contribution in [0.15, 0.2) is 24.3 Å². The average Bonchev–Trinajstić information content (AvgIpc) is 2.04. The molecular formula is C7H6INO. The minimum Gasteiger partial charge on any atom is -0.328 e. The van der Waals surface area contributed by atoms with E-state index >= 15 is 0 Å². The van der Waals surface area contributed by atoms with E-state index in [2.05, 4.69) is 3.53 Å². The van der Waals surface area contributed by atoms with Gasteiger partial charge in [0, 0.05) is 5.56 Å². The standard InChI is InChI=1S/C7H6INO/c8-9-7-4-2-1-3-6(7)5-10/h1-5,9H. The SMILES string of the molecule is O=Cc1ccccc1NI. The number of hydrogen-bond acceptors (Lipinski definition) is 2. The number of hydrogen-bond donors (Lipinski definition) is 1. The number of rotatable bonds is 2. The van der Waals surface area contributed by atoms with Crippen LogP contribution in [0.3, 0.4) is 0 Å². The Hall–Kier alpha value is -0.580. The minimum atomic E-state index is 0.692. The second-order valence-electron chi connectivity index (χ2n) is 1.80. The maximum absolute atomic E-state index is 10.3. The third-order valence-corrected chi connectivity index (χ3v) is 1.77. The van der Waals surface area contributed by atoms with Crippen molar-refractivity contribution in [2.24, 2.45) is 0 Å². The lowest BCUT2D eigenvalue weighted by atomic mass is 10.2. The molecule has 0 radical (unpaired) electrons. The molecule has 1 N–H and O–H groups in total. The van der Waals surface area contributed by atoms with Crippen LogP contribution in [0.4, 0.5) is 5.69 Å². The molecule has 2 nitrogen and oxygen atoms in total. The van der Waals surface area contributed by atoms with Crippen molar-refractivity contribution in [3.63, 3.8) is 0 Å². The van der Waals surface area contributed by atoms with E-state index < -0.39 is 0 Å². The Bertz CT molecular complexity index is 237. The predicted molar refractivity (Wildman–Crippen MR) is 49.5 cm³/mol. The van der Waals surface area contributed by atoms with E-state index in [-0.39, 0.29) is 0 Å². The van der Waals surface area contributed by atoms with Gasteiger partial charge in [-0.15, -0.1) is 0 Å². The van der Waals surface area contributed by atoms with E-state index in [4.69, 9.17) is 0 Å². The van der Waals surface area contributed by atoms with Gasteiger partial charge in [-0.25, -0.2) is 0 Å². The molecule has 0 aromatic heterocycles. The Morgan fingerprint density at radius 2 is 2.10 bits per heavy atom. The van der Waals surface area contributed by atoms with Crippen LogP contribution >= 0.6 is 22.9 Å². The van der Waals surface area contributed by atoms with Crippen LogP contribution < -0.4 is 3.53 Å². The largest absolute Gasteiger partial charge is 0.328 e. The summed E-state index contributed by atoms with van der Waals surface area (Å²) in [7, 11) is 0. The predicted octanol–water partition coefficient (Wildman–Crippen LogP) is 2.26. The van der Waals surface area contributed by atoms with Crippen molar-refractivity contribution in [2.45, 2.75) is 0 Å².